The maximum atomic E-state index is 11.8. The molecule has 8 heteroatoms. The highest BCUT2D eigenvalue weighted by Gasteiger charge is 2.41. The van der Waals surface area contributed by atoms with Crippen molar-refractivity contribution in [2.24, 2.45) is 0 Å². The van der Waals surface area contributed by atoms with Gasteiger partial charge in [0.25, 0.3) is 0 Å². The van der Waals surface area contributed by atoms with Crippen LogP contribution in [0.5, 0.6) is 5.75 Å². The summed E-state index contributed by atoms with van der Waals surface area (Å²) in [6.45, 7) is 0.0652. The Bertz CT molecular complexity index is 814. The third kappa shape index (κ3) is 3.88. The fourth-order valence-electron chi connectivity index (χ4n) is 2.94. The lowest BCUT2D eigenvalue weighted by atomic mass is 10.1. The van der Waals surface area contributed by atoms with Gasteiger partial charge >= 0.3 is 12.1 Å². The predicted octanol–water partition coefficient (Wildman–Crippen LogP) is 3.07. The average molecular weight is 377 g/mol. The molecule has 1 aromatic heterocycles. The van der Waals surface area contributed by atoms with Gasteiger partial charge in [0, 0.05) is 24.1 Å². The maximum absolute atomic E-state index is 11.8. The van der Waals surface area contributed by atoms with Crippen LogP contribution in [0.4, 0.5) is 4.79 Å². The lowest BCUT2D eigenvalue weighted by Crippen LogP contribution is -2.40. The molecule has 1 amide bonds. The summed E-state index contributed by atoms with van der Waals surface area (Å²) >= 11 is 6.10. The van der Waals surface area contributed by atoms with Crippen molar-refractivity contribution in [1.29, 1.82) is 0 Å². The summed E-state index contributed by atoms with van der Waals surface area (Å²) in [6.07, 6.45) is -1.47. The van der Waals surface area contributed by atoms with Crippen molar-refractivity contribution in [2.45, 2.75) is 18.6 Å². The first-order chi connectivity index (χ1) is 12.5. The van der Waals surface area contributed by atoms with Crippen LogP contribution in [0.15, 0.2) is 42.5 Å². The Morgan fingerprint density at radius 2 is 2.00 bits per heavy atom. The summed E-state index contributed by atoms with van der Waals surface area (Å²) < 4.78 is 10.6. The first-order valence-electron chi connectivity index (χ1n) is 7.95. The van der Waals surface area contributed by atoms with Gasteiger partial charge in [-0.1, -0.05) is 41.9 Å². The van der Waals surface area contributed by atoms with Crippen molar-refractivity contribution in [3.05, 3.63) is 47.6 Å². The molecule has 1 saturated heterocycles. The number of rotatable bonds is 4. The Labute approximate surface area is 155 Å². The number of hydrogen-bond donors (Lipinski definition) is 1. The second kappa shape index (κ2) is 7.61. The number of halogens is 1. The summed E-state index contributed by atoms with van der Waals surface area (Å²) in [5, 5.41) is 9.54. The monoisotopic (exact) mass is 376 g/mol. The third-order valence-corrected chi connectivity index (χ3v) is 4.32. The molecule has 136 valence electrons. The van der Waals surface area contributed by atoms with Crippen LogP contribution in [0.2, 0.25) is 5.15 Å². The molecule has 1 aliphatic rings. The molecule has 0 radical (unpaired) electrons. The minimum Gasteiger partial charge on any atom is -0.488 e. The number of methoxy groups -OCH3 is 1. The van der Waals surface area contributed by atoms with E-state index in [0.717, 1.165) is 10.5 Å². The molecule has 2 aromatic rings. The molecule has 0 aliphatic carbocycles. The van der Waals surface area contributed by atoms with Crippen molar-refractivity contribution >= 4 is 23.7 Å². The second-order valence-electron chi connectivity index (χ2n) is 5.83. The molecule has 0 bridgehead atoms. The lowest BCUT2D eigenvalue weighted by Gasteiger charge is -2.18. The van der Waals surface area contributed by atoms with Crippen LogP contribution >= 0.6 is 11.6 Å². The molecule has 1 aliphatic heterocycles. The minimum atomic E-state index is -1.19. The van der Waals surface area contributed by atoms with E-state index in [4.69, 9.17) is 16.3 Å². The topological polar surface area (TPSA) is 89.0 Å². The van der Waals surface area contributed by atoms with E-state index in [1.807, 2.05) is 30.3 Å². The fourth-order valence-corrected chi connectivity index (χ4v) is 3.14. The van der Waals surface area contributed by atoms with Gasteiger partial charge in [-0.05, 0) is 0 Å². The fraction of sp³-hybridized carbons (Fsp3) is 0.278. The maximum Gasteiger partial charge on any atom is 0.408 e. The van der Waals surface area contributed by atoms with Gasteiger partial charge in [0.1, 0.15) is 23.0 Å². The van der Waals surface area contributed by atoms with Crippen molar-refractivity contribution in [3.8, 4) is 17.0 Å². The van der Waals surface area contributed by atoms with Gasteiger partial charge < -0.3 is 14.6 Å². The predicted molar refractivity (Wildman–Crippen MR) is 94.3 cm³/mol. The Morgan fingerprint density at radius 1 is 1.27 bits per heavy atom. The number of aromatic nitrogens is 1. The van der Waals surface area contributed by atoms with Crippen molar-refractivity contribution in [2.75, 3.05) is 13.7 Å². The number of likely N-dealkylation sites (tertiary alicyclic amines) is 1. The Morgan fingerprint density at radius 3 is 2.65 bits per heavy atom. The molecule has 26 heavy (non-hydrogen) atoms. The summed E-state index contributed by atoms with van der Waals surface area (Å²) in [4.78, 5) is 28.5. The highest BCUT2D eigenvalue weighted by Crippen LogP contribution is 2.29. The number of hydrogen-bond acceptors (Lipinski definition) is 5. The van der Waals surface area contributed by atoms with Crippen LogP contribution in [0, 0.1) is 0 Å². The standard InChI is InChI=1S/C18H17ClN2O5/c1-25-17(22)15-8-13(10-21(15)18(23)24)26-12-7-14(20-16(19)9-12)11-5-3-2-4-6-11/h2-7,9,13,15H,8,10H2,1H3,(H,23,24)/t13-,15+/m1/s1. The number of amides is 1. The molecule has 3 rings (SSSR count). The van der Waals surface area contributed by atoms with E-state index >= 15 is 0 Å². The smallest absolute Gasteiger partial charge is 0.408 e. The number of esters is 1. The van der Waals surface area contributed by atoms with E-state index in [2.05, 4.69) is 9.72 Å². The van der Waals surface area contributed by atoms with Crippen molar-refractivity contribution in [3.63, 3.8) is 0 Å². The molecule has 0 unspecified atom stereocenters. The third-order valence-electron chi connectivity index (χ3n) is 4.12. The second-order valence-corrected chi connectivity index (χ2v) is 6.21. The Kier molecular flexibility index (Phi) is 5.27. The van der Waals surface area contributed by atoms with Crippen LogP contribution in [-0.2, 0) is 9.53 Å². The van der Waals surface area contributed by atoms with E-state index < -0.39 is 24.2 Å². The molecule has 2 heterocycles. The number of benzene rings is 1. The molecule has 7 nitrogen and oxygen atoms in total. The number of nitrogens with zero attached hydrogens (tertiary/aromatic N) is 2. The van der Waals surface area contributed by atoms with Crippen LogP contribution in [0.25, 0.3) is 11.3 Å². The highest BCUT2D eigenvalue weighted by atomic mass is 35.5. The summed E-state index contributed by atoms with van der Waals surface area (Å²) in [5.41, 5.74) is 1.52. The van der Waals surface area contributed by atoms with Gasteiger partial charge in [-0.3, -0.25) is 4.90 Å². The lowest BCUT2D eigenvalue weighted by molar-refractivity contribution is -0.145. The molecule has 1 N–H and O–H groups in total. The van der Waals surface area contributed by atoms with E-state index in [9.17, 15) is 14.7 Å². The summed E-state index contributed by atoms with van der Waals surface area (Å²) in [5.74, 6) is -0.138. The Hall–Kier alpha value is -2.80. The van der Waals surface area contributed by atoms with Gasteiger partial charge in [-0.2, -0.15) is 0 Å². The van der Waals surface area contributed by atoms with Gasteiger partial charge in [0.2, 0.25) is 0 Å². The van der Waals surface area contributed by atoms with E-state index in [1.54, 1.807) is 12.1 Å². The molecule has 2 atom stereocenters. The molecular weight excluding hydrogens is 360 g/mol. The van der Waals surface area contributed by atoms with Crippen LogP contribution in [0.3, 0.4) is 0 Å². The van der Waals surface area contributed by atoms with Gasteiger partial charge in [-0.15, -0.1) is 0 Å². The number of carboxylic acid groups (broad SMARTS) is 1. The minimum absolute atomic E-state index is 0.0652. The van der Waals surface area contributed by atoms with Crippen LogP contribution in [-0.4, -0.2) is 52.9 Å². The van der Waals surface area contributed by atoms with Crippen LogP contribution in [0.1, 0.15) is 6.42 Å². The molecular formula is C18H17ClN2O5. The normalized spacial score (nSPS) is 19.2. The largest absolute Gasteiger partial charge is 0.488 e. The van der Waals surface area contributed by atoms with Gasteiger partial charge in [-0.25, -0.2) is 14.6 Å². The van der Waals surface area contributed by atoms with Gasteiger partial charge in [0.05, 0.1) is 19.3 Å². The quantitative estimate of drug-likeness (QED) is 0.651. The first kappa shape index (κ1) is 18.0. The average Bonchev–Trinajstić information content (AvgIpc) is 3.05. The zero-order valence-corrected chi connectivity index (χ0v) is 14.7. The summed E-state index contributed by atoms with van der Waals surface area (Å²) in [6, 6.07) is 11.9. The summed E-state index contributed by atoms with van der Waals surface area (Å²) in [7, 11) is 1.23. The Balaban J connectivity index is 1.80. The van der Waals surface area contributed by atoms with E-state index in [-0.39, 0.29) is 18.1 Å². The number of carbonyl (C=O) groups excluding carboxylic acids is 1. The number of pyridine rings is 1. The number of carbonyl (C=O) groups is 2. The molecule has 0 spiro atoms. The van der Waals surface area contributed by atoms with Crippen molar-refractivity contribution in [1.82, 2.24) is 9.88 Å². The van der Waals surface area contributed by atoms with Gasteiger partial charge in [0.15, 0.2) is 0 Å². The SMILES string of the molecule is COC(=O)[C@@H]1C[C@@H](Oc2cc(Cl)nc(-c3ccccc3)c2)CN1C(=O)O. The van der Waals surface area contributed by atoms with E-state index in [1.165, 1.54) is 7.11 Å². The molecule has 1 fully saturated rings. The zero-order chi connectivity index (χ0) is 18.7. The molecule has 0 saturated carbocycles. The van der Waals surface area contributed by atoms with Crippen LogP contribution < -0.4 is 4.74 Å². The molecule has 1 aromatic carbocycles. The first-order valence-corrected chi connectivity index (χ1v) is 8.33. The number of ether oxygens (including phenoxy) is 2. The van der Waals surface area contributed by atoms with Crippen molar-refractivity contribution < 1.29 is 24.2 Å². The zero-order valence-electron chi connectivity index (χ0n) is 14.0. The van der Waals surface area contributed by atoms with E-state index in [0.29, 0.717) is 11.4 Å². The highest BCUT2D eigenvalue weighted by molar-refractivity contribution is 6.29.